The summed E-state index contributed by atoms with van der Waals surface area (Å²) >= 11 is 1.89. The van der Waals surface area contributed by atoms with E-state index in [1.165, 1.54) is 0 Å². The fraction of sp³-hybridized carbons (Fsp3) is 0.900. The van der Waals surface area contributed by atoms with Crippen LogP contribution in [0.2, 0.25) is 0 Å². The maximum Gasteiger partial charge on any atom is 0.237 e. The zero-order chi connectivity index (χ0) is 10.6. The van der Waals surface area contributed by atoms with E-state index in [0.717, 1.165) is 24.3 Å². The van der Waals surface area contributed by atoms with Crippen molar-refractivity contribution in [2.45, 2.75) is 38.8 Å². The van der Waals surface area contributed by atoms with Crippen molar-refractivity contribution in [2.24, 2.45) is 11.7 Å². The predicted molar refractivity (Wildman–Crippen MR) is 61.3 cm³/mol. The van der Waals surface area contributed by atoms with Crippen molar-refractivity contribution in [1.82, 2.24) is 5.32 Å². The monoisotopic (exact) mass is 216 g/mol. The second-order valence-electron chi connectivity index (χ2n) is 3.98. The third-order valence-electron chi connectivity index (χ3n) is 2.84. The molecule has 0 aromatic rings. The maximum atomic E-state index is 11.7. The molecule has 3 N–H and O–H groups in total. The molecule has 0 aromatic heterocycles. The molecule has 3 nitrogen and oxygen atoms in total. The lowest BCUT2D eigenvalue weighted by Crippen LogP contribution is -2.48. The van der Waals surface area contributed by atoms with Gasteiger partial charge in [0.25, 0.3) is 0 Å². The number of hydrogen-bond donors (Lipinski definition) is 2. The molecule has 3 atom stereocenters. The highest BCUT2D eigenvalue weighted by Crippen LogP contribution is 2.17. The Morgan fingerprint density at radius 2 is 2.43 bits per heavy atom. The molecule has 0 aliphatic carbocycles. The highest BCUT2D eigenvalue weighted by atomic mass is 32.2. The summed E-state index contributed by atoms with van der Waals surface area (Å²) in [6.45, 7) is 4.08. The standard InChI is InChI=1S/C10H20N2OS/c1-3-7(2)9(11)10(13)12-8-4-5-14-6-8/h7-9H,3-6,11H2,1-2H3,(H,12,13). The van der Waals surface area contributed by atoms with Crippen molar-refractivity contribution in [3.05, 3.63) is 0 Å². The molecule has 0 bridgehead atoms. The van der Waals surface area contributed by atoms with Crippen LogP contribution in [0.5, 0.6) is 0 Å². The molecule has 0 spiro atoms. The summed E-state index contributed by atoms with van der Waals surface area (Å²) in [7, 11) is 0. The number of carbonyl (C=O) groups excluding carboxylic acids is 1. The Morgan fingerprint density at radius 3 is 2.93 bits per heavy atom. The Kier molecular flexibility index (Phi) is 4.75. The molecule has 4 heteroatoms. The van der Waals surface area contributed by atoms with Gasteiger partial charge in [0, 0.05) is 11.8 Å². The van der Waals surface area contributed by atoms with Gasteiger partial charge in [-0.05, 0) is 18.1 Å². The van der Waals surface area contributed by atoms with Crippen molar-refractivity contribution in [3.63, 3.8) is 0 Å². The summed E-state index contributed by atoms with van der Waals surface area (Å²) in [4.78, 5) is 11.7. The summed E-state index contributed by atoms with van der Waals surface area (Å²) < 4.78 is 0. The molecular weight excluding hydrogens is 196 g/mol. The average Bonchev–Trinajstić information content (AvgIpc) is 2.68. The van der Waals surface area contributed by atoms with E-state index in [4.69, 9.17) is 5.73 Å². The lowest BCUT2D eigenvalue weighted by Gasteiger charge is -2.20. The number of hydrogen-bond acceptors (Lipinski definition) is 3. The Labute approximate surface area is 90.2 Å². The van der Waals surface area contributed by atoms with Crippen LogP contribution in [-0.2, 0) is 4.79 Å². The number of nitrogens with one attached hydrogen (secondary N) is 1. The molecule has 1 saturated heterocycles. The molecule has 0 radical (unpaired) electrons. The number of carbonyl (C=O) groups is 1. The second kappa shape index (κ2) is 5.61. The van der Waals surface area contributed by atoms with Crippen molar-refractivity contribution in [1.29, 1.82) is 0 Å². The zero-order valence-electron chi connectivity index (χ0n) is 8.95. The summed E-state index contributed by atoms with van der Waals surface area (Å²) in [6, 6.07) is 0.00760. The van der Waals surface area contributed by atoms with E-state index in [9.17, 15) is 4.79 Å². The van der Waals surface area contributed by atoms with Gasteiger partial charge in [-0.3, -0.25) is 4.79 Å². The van der Waals surface area contributed by atoms with Gasteiger partial charge >= 0.3 is 0 Å². The van der Waals surface area contributed by atoms with Crippen LogP contribution in [0.4, 0.5) is 0 Å². The van der Waals surface area contributed by atoms with Crippen LogP contribution in [0.15, 0.2) is 0 Å². The molecule has 1 rings (SSSR count). The molecule has 82 valence electrons. The van der Waals surface area contributed by atoms with E-state index in [1.54, 1.807) is 0 Å². The minimum Gasteiger partial charge on any atom is -0.351 e. The van der Waals surface area contributed by atoms with Gasteiger partial charge in [-0.25, -0.2) is 0 Å². The molecule has 1 aliphatic rings. The molecule has 1 heterocycles. The summed E-state index contributed by atoms with van der Waals surface area (Å²) in [5, 5.41) is 3.01. The molecule has 0 saturated carbocycles. The Balaban J connectivity index is 2.32. The SMILES string of the molecule is CCC(C)C(N)C(=O)NC1CCSC1. The highest BCUT2D eigenvalue weighted by molar-refractivity contribution is 7.99. The highest BCUT2D eigenvalue weighted by Gasteiger charge is 2.23. The van der Waals surface area contributed by atoms with E-state index in [1.807, 2.05) is 18.7 Å². The Morgan fingerprint density at radius 1 is 1.71 bits per heavy atom. The molecule has 0 aromatic carbocycles. The predicted octanol–water partition coefficient (Wildman–Crippen LogP) is 0.982. The van der Waals surface area contributed by atoms with Crippen LogP contribution in [-0.4, -0.2) is 29.5 Å². The van der Waals surface area contributed by atoms with Gasteiger partial charge in [-0.1, -0.05) is 20.3 Å². The maximum absolute atomic E-state index is 11.7. The third-order valence-corrected chi connectivity index (χ3v) is 4.00. The van der Waals surface area contributed by atoms with E-state index in [-0.39, 0.29) is 17.9 Å². The third kappa shape index (κ3) is 3.17. The first-order chi connectivity index (χ1) is 6.65. The fourth-order valence-corrected chi connectivity index (χ4v) is 2.61. The minimum absolute atomic E-state index is 0.0202. The lowest BCUT2D eigenvalue weighted by atomic mass is 9.99. The topological polar surface area (TPSA) is 55.1 Å². The number of thioether (sulfide) groups is 1. The molecule has 1 amide bonds. The number of amides is 1. The first kappa shape index (κ1) is 11.9. The molecule has 3 unspecified atom stereocenters. The van der Waals surface area contributed by atoms with Crippen LogP contribution >= 0.6 is 11.8 Å². The van der Waals surface area contributed by atoms with Gasteiger partial charge in [-0.15, -0.1) is 0 Å². The number of rotatable bonds is 4. The summed E-state index contributed by atoms with van der Waals surface area (Å²) in [6.07, 6.45) is 2.04. The summed E-state index contributed by atoms with van der Waals surface area (Å²) in [5.74, 6) is 2.48. The first-order valence-corrected chi connectivity index (χ1v) is 6.44. The van der Waals surface area contributed by atoms with Crippen LogP contribution in [0.3, 0.4) is 0 Å². The van der Waals surface area contributed by atoms with Gasteiger partial charge < -0.3 is 11.1 Å². The molecule has 1 fully saturated rings. The van der Waals surface area contributed by atoms with Gasteiger partial charge in [0.1, 0.15) is 0 Å². The van der Waals surface area contributed by atoms with Crippen LogP contribution in [0.25, 0.3) is 0 Å². The van der Waals surface area contributed by atoms with Crippen LogP contribution in [0, 0.1) is 5.92 Å². The van der Waals surface area contributed by atoms with Crippen molar-refractivity contribution >= 4 is 17.7 Å². The van der Waals surface area contributed by atoms with Gasteiger partial charge in [-0.2, -0.15) is 11.8 Å². The molecule has 1 aliphatic heterocycles. The Bertz CT molecular complexity index is 193. The minimum atomic E-state index is -0.342. The quantitative estimate of drug-likeness (QED) is 0.736. The summed E-state index contributed by atoms with van der Waals surface area (Å²) in [5.41, 5.74) is 5.83. The smallest absolute Gasteiger partial charge is 0.237 e. The normalized spacial score (nSPS) is 25.8. The van der Waals surface area contributed by atoms with Crippen molar-refractivity contribution < 1.29 is 4.79 Å². The van der Waals surface area contributed by atoms with Gasteiger partial charge in [0.15, 0.2) is 0 Å². The fourth-order valence-electron chi connectivity index (χ4n) is 1.46. The molecule has 14 heavy (non-hydrogen) atoms. The molecular formula is C10H20N2OS. The van der Waals surface area contributed by atoms with E-state index in [0.29, 0.717) is 6.04 Å². The van der Waals surface area contributed by atoms with Crippen LogP contribution in [0.1, 0.15) is 26.7 Å². The van der Waals surface area contributed by atoms with Crippen molar-refractivity contribution in [3.8, 4) is 0 Å². The largest absolute Gasteiger partial charge is 0.351 e. The zero-order valence-corrected chi connectivity index (χ0v) is 9.77. The average molecular weight is 216 g/mol. The lowest BCUT2D eigenvalue weighted by molar-refractivity contribution is -0.123. The van der Waals surface area contributed by atoms with Crippen LogP contribution < -0.4 is 11.1 Å². The second-order valence-corrected chi connectivity index (χ2v) is 5.13. The van der Waals surface area contributed by atoms with Gasteiger partial charge in [0.05, 0.1) is 6.04 Å². The van der Waals surface area contributed by atoms with Gasteiger partial charge in [0.2, 0.25) is 5.91 Å². The van der Waals surface area contributed by atoms with E-state index >= 15 is 0 Å². The van der Waals surface area contributed by atoms with E-state index in [2.05, 4.69) is 12.2 Å². The Hall–Kier alpha value is -0.220. The van der Waals surface area contributed by atoms with E-state index < -0.39 is 0 Å². The first-order valence-electron chi connectivity index (χ1n) is 5.28. The number of nitrogens with two attached hydrogens (primary N) is 1. The van der Waals surface area contributed by atoms with Crippen molar-refractivity contribution in [2.75, 3.05) is 11.5 Å².